The fraction of sp³-hybridized carbons (Fsp3) is 0.632. The summed E-state index contributed by atoms with van der Waals surface area (Å²) < 4.78 is 92.5. The SMILES string of the molecule is CC(C)(C)OC(=O)N[C@H]1CCN(CC(F)(F)F)CCC=C=C[C@@H]2C[C@@]2(C(=O)CS(=O)(=O)C2CC2)NC(=O)[C@@H]2C[C@@H](OC(=O)N3Cc4cccc(F)c4C3)CN2C1=O. The highest BCUT2D eigenvalue weighted by Gasteiger charge is 2.61. The summed E-state index contributed by atoms with van der Waals surface area (Å²) in [6, 6.07) is 1.49. The zero-order valence-corrected chi connectivity index (χ0v) is 32.7. The molecule has 2 aliphatic carbocycles. The quantitative estimate of drug-likeness (QED) is 0.306. The highest BCUT2D eigenvalue weighted by molar-refractivity contribution is 7.93. The number of carbonyl (C=O) groups excluding carboxylic acids is 5. The Kier molecular flexibility index (Phi) is 11.9. The van der Waals surface area contributed by atoms with Crippen LogP contribution in [-0.2, 0) is 46.8 Å². The average Bonchev–Trinajstić information content (AvgIpc) is 3.98. The van der Waals surface area contributed by atoms with Gasteiger partial charge in [-0.3, -0.25) is 24.2 Å². The van der Waals surface area contributed by atoms with Crippen LogP contribution in [0.5, 0.6) is 0 Å². The fourth-order valence-corrected chi connectivity index (χ4v) is 9.26. The molecule has 4 amide bonds. The summed E-state index contributed by atoms with van der Waals surface area (Å²) in [6.07, 6.45) is -4.40. The van der Waals surface area contributed by atoms with Gasteiger partial charge in [0.05, 0.1) is 24.9 Å². The lowest BCUT2D eigenvalue weighted by atomic mass is 10.1. The lowest BCUT2D eigenvalue weighted by Gasteiger charge is -2.31. The van der Waals surface area contributed by atoms with Gasteiger partial charge in [0.25, 0.3) is 0 Å². The molecule has 0 bridgehead atoms. The van der Waals surface area contributed by atoms with Gasteiger partial charge < -0.3 is 25.0 Å². The Morgan fingerprint density at radius 3 is 2.47 bits per heavy atom. The molecular formula is C38H47F4N5O9S. The smallest absolute Gasteiger partial charge is 0.410 e. The lowest BCUT2D eigenvalue weighted by molar-refractivity contribution is -0.147. The van der Waals surface area contributed by atoms with Gasteiger partial charge in [-0.25, -0.2) is 22.4 Å². The summed E-state index contributed by atoms with van der Waals surface area (Å²) in [5.41, 5.74) is 1.07. The van der Waals surface area contributed by atoms with Crippen molar-refractivity contribution in [3.8, 4) is 0 Å². The number of nitrogens with one attached hydrogen (secondary N) is 2. The summed E-state index contributed by atoms with van der Waals surface area (Å²) in [6.45, 7) is 2.53. The van der Waals surface area contributed by atoms with Gasteiger partial charge in [-0.15, -0.1) is 5.73 Å². The van der Waals surface area contributed by atoms with Gasteiger partial charge in [0.1, 0.15) is 40.9 Å². The van der Waals surface area contributed by atoms with Crippen LogP contribution in [0.15, 0.2) is 36.1 Å². The van der Waals surface area contributed by atoms with E-state index in [1.165, 1.54) is 29.2 Å². The maximum Gasteiger partial charge on any atom is 0.410 e. The molecule has 312 valence electrons. The van der Waals surface area contributed by atoms with Gasteiger partial charge in [0, 0.05) is 37.5 Å². The van der Waals surface area contributed by atoms with Crippen molar-refractivity contribution in [2.75, 3.05) is 31.9 Å². The van der Waals surface area contributed by atoms with E-state index in [-0.39, 0.29) is 58.4 Å². The summed E-state index contributed by atoms with van der Waals surface area (Å²) in [4.78, 5) is 72.3. The number of halogens is 4. The fourth-order valence-electron chi connectivity index (χ4n) is 7.54. The van der Waals surface area contributed by atoms with E-state index < -0.39 is 104 Å². The largest absolute Gasteiger partial charge is 0.444 e. The summed E-state index contributed by atoms with van der Waals surface area (Å²) >= 11 is 0. The number of carbonyl (C=O) groups is 5. The second kappa shape index (κ2) is 16.0. The van der Waals surface area contributed by atoms with Crippen LogP contribution in [0.4, 0.5) is 27.2 Å². The van der Waals surface area contributed by atoms with E-state index in [4.69, 9.17) is 9.47 Å². The van der Waals surface area contributed by atoms with E-state index >= 15 is 0 Å². The minimum absolute atomic E-state index is 0.00673. The van der Waals surface area contributed by atoms with Gasteiger partial charge in [-0.05, 0) is 76.7 Å². The third-order valence-electron chi connectivity index (χ3n) is 10.7. The van der Waals surface area contributed by atoms with E-state index in [0.29, 0.717) is 24.0 Å². The van der Waals surface area contributed by atoms with Crippen LogP contribution >= 0.6 is 0 Å². The van der Waals surface area contributed by atoms with E-state index in [1.807, 2.05) is 0 Å². The van der Waals surface area contributed by atoms with Crippen molar-refractivity contribution in [3.63, 3.8) is 0 Å². The highest BCUT2D eigenvalue weighted by atomic mass is 32.2. The molecule has 5 atom stereocenters. The molecule has 2 N–H and O–H groups in total. The number of sulfone groups is 1. The van der Waals surface area contributed by atoms with Crippen molar-refractivity contribution in [2.45, 2.75) is 113 Å². The molecule has 1 saturated heterocycles. The summed E-state index contributed by atoms with van der Waals surface area (Å²) in [7, 11) is -3.81. The topological polar surface area (TPSA) is 172 Å². The highest BCUT2D eigenvalue weighted by Crippen LogP contribution is 2.46. The van der Waals surface area contributed by atoms with Gasteiger partial charge >= 0.3 is 18.4 Å². The second-order valence-electron chi connectivity index (χ2n) is 16.4. The van der Waals surface area contributed by atoms with E-state index in [9.17, 15) is 50.0 Å². The van der Waals surface area contributed by atoms with Crippen LogP contribution in [0, 0.1) is 11.7 Å². The molecule has 5 aliphatic rings. The van der Waals surface area contributed by atoms with E-state index in [1.54, 1.807) is 26.8 Å². The van der Waals surface area contributed by atoms with Crippen molar-refractivity contribution in [3.05, 3.63) is 53.0 Å². The van der Waals surface area contributed by atoms with Crippen LogP contribution in [0.2, 0.25) is 0 Å². The van der Waals surface area contributed by atoms with Crippen molar-refractivity contribution >= 4 is 39.6 Å². The molecule has 3 heterocycles. The minimum atomic E-state index is -4.61. The first-order valence-corrected chi connectivity index (χ1v) is 20.6. The monoisotopic (exact) mass is 825 g/mol. The van der Waals surface area contributed by atoms with E-state index in [2.05, 4.69) is 16.4 Å². The minimum Gasteiger partial charge on any atom is -0.444 e. The third kappa shape index (κ3) is 10.3. The van der Waals surface area contributed by atoms with Crippen LogP contribution < -0.4 is 10.6 Å². The van der Waals surface area contributed by atoms with Crippen LogP contribution in [0.3, 0.4) is 0 Å². The number of amides is 4. The first-order valence-electron chi connectivity index (χ1n) is 18.9. The average molecular weight is 826 g/mol. The first kappa shape index (κ1) is 42.1. The van der Waals surface area contributed by atoms with Crippen LogP contribution in [0.1, 0.15) is 70.4 Å². The maximum atomic E-state index is 14.5. The van der Waals surface area contributed by atoms with Gasteiger partial charge in [0.15, 0.2) is 15.6 Å². The van der Waals surface area contributed by atoms with Gasteiger partial charge in [-0.2, -0.15) is 13.2 Å². The number of benzene rings is 1. The summed E-state index contributed by atoms with van der Waals surface area (Å²) in [5.74, 6) is -4.55. The van der Waals surface area contributed by atoms with Crippen LogP contribution in [0.25, 0.3) is 0 Å². The number of fused-ring (bicyclic) bond motifs is 3. The lowest BCUT2D eigenvalue weighted by Crippen LogP contribution is -2.57. The molecule has 57 heavy (non-hydrogen) atoms. The Morgan fingerprint density at radius 1 is 1.07 bits per heavy atom. The number of alkyl halides is 3. The second-order valence-corrected chi connectivity index (χ2v) is 18.7. The predicted octanol–water partition coefficient (Wildman–Crippen LogP) is 3.53. The molecule has 0 unspecified atom stereocenters. The normalized spacial score (nSPS) is 27.3. The molecule has 3 fully saturated rings. The molecule has 3 aliphatic heterocycles. The number of hydrogen-bond donors (Lipinski definition) is 2. The third-order valence-corrected chi connectivity index (χ3v) is 12.8. The molecule has 2 saturated carbocycles. The van der Waals surface area contributed by atoms with Gasteiger partial charge in [-0.1, -0.05) is 12.1 Å². The Morgan fingerprint density at radius 2 is 1.81 bits per heavy atom. The number of nitrogens with zero attached hydrogens (tertiary/aromatic N) is 3. The molecule has 0 radical (unpaired) electrons. The van der Waals surface area contributed by atoms with Crippen molar-refractivity contribution in [2.24, 2.45) is 5.92 Å². The number of ketones is 1. The van der Waals surface area contributed by atoms with E-state index in [0.717, 1.165) is 9.80 Å². The Balaban J connectivity index is 1.31. The Bertz CT molecular complexity index is 1960. The number of rotatable bonds is 7. The first-order chi connectivity index (χ1) is 26.6. The number of Topliss-reactive ketones (excluding diaryl/α,β-unsaturated/α-hetero) is 1. The summed E-state index contributed by atoms with van der Waals surface area (Å²) in [5, 5.41) is 4.52. The van der Waals surface area contributed by atoms with Crippen molar-refractivity contribution < 1.29 is 59.4 Å². The number of alkyl carbamates (subject to hydrolysis) is 1. The number of ether oxygens (including phenoxy) is 2. The van der Waals surface area contributed by atoms with Gasteiger partial charge in [0.2, 0.25) is 11.8 Å². The van der Waals surface area contributed by atoms with Crippen LogP contribution in [-0.4, -0.2) is 126 Å². The molecular weight excluding hydrogens is 779 g/mol. The molecule has 1 aromatic rings. The Labute approximate surface area is 327 Å². The molecule has 0 aromatic heterocycles. The van der Waals surface area contributed by atoms with Crippen molar-refractivity contribution in [1.29, 1.82) is 0 Å². The number of hydrogen-bond acceptors (Lipinski definition) is 10. The zero-order valence-electron chi connectivity index (χ0n) is 31.9. The maximum absolute atomic E-state index is 14.5. The zero-order chi connectivity index (χ0) is 41.5. The molecule has 19 heteroatoms. The van der Waals surface area contributed by atoms with Crippen molar-refractivity contribution in [1.82, 2.24) is 25.3 Å². The molecule has 1 aromatic carbocycles. The molecule has 6 rings (SSSR count). The Hall–Kier alpha value is -4.48. The molecule has 0 spiro atoms. The standard InChI is InChI=1S/C38H47F4N5O9S/c1-36(2,3)56-34(51)43-29-13-15-45(22-38(40,41)42)14-6-4-5-9-24-17-37(24,31(48)21-57(53,54)26-11-12-26)44-32(49)30-16-25(19-47(30)33(29)50)55-35(52)46-18-23-8-7-10-28(39)27(23)20-46/h4,7-10,24-26,29-30H,6,11-22H2,1-3H3,(H,43,51)(H,44,49)/t5?,24-,25-,29+,30+,37-/m1/s1. The predicted molar refractivity (Wildman–Crippen MR) is 194 cm³/mol. The molecule has 14 nitrogen and oxygen atoms in total.